The molecule has 1 heterocycles. The molecule has 10 heavy (non-hydrogen) atoms. The van der Waals surface area contributed by atoms with E-state index in [1.54, 1.807) is 23.7 Å². The van der Waals surface area contributed by atoms with Gasteiger partial charge in [0.15, 0.2) is 0 Å². The Hall–Kier alpha value is 0.230. The molecule has 0 aromatic carbocycles. The van der Waals surface area contributed by atoms with Gasteiger partial charge in [0, 0.05) is 11.7 Å². The predicted molar refractivity (Wildman–Crippen MR) is 41.7 cm³/mol. The normalized spacial score (nSPS) is 42.6. The second-order valence-corrected chi connectivity index (χ2v) is 3.65. The molecule has 0 saturated carbocycles. The molecule has 0 amide bonds. The highest BCUT2D eigenvalue weighted by atomic mass is 32.2. The molecule has 2 unspecified atom stereocenters. The standard InChI is InChI=1S/C6H13NO2S/c1-7-5(8)3-4(10-2)6(7)9/h4-6,8-9H,3H2,1-2H3/t4?,5?,6-/m0/s1. The van der Waals surface area contributed by atoms with Crippen molar-refractivity contribution in [3.63, 3.8) is 0 Å². The third kappa shape index (κ3) is 1.29. The van der Waals surface area contributed by atoms with Crippen molar-refractivity contribution >= 4 is 11.8 Å². The first-order chi connectivity index (χ1) is 4.66. The van der Waals surface area contributed by atoms with E-state index < -0.39 is 12.5 Å². The van der Waals surface area contributed by atoms with E-state index in [0.717, 1.165) is 0 Å². The summed E-state index contributed by atoms with van der Waals surface area (Å²) in [5.74, 6) is 0. The van der Waals surface area contributed by atoms with Crippen LogP contribution in [-0.2, 0) is 0 Å². The molecule has 2 N–H and O–H groups in total. The Labute approximate surface area is 65.0 Å². The minimum absolute atomic E-state index is 0.167. The first-order valence-electron chi connectivity index (χ1n) is 3.27. The van der Waals surface area contributed by atoms with Gasteiger partial charge >= 0.3 is 0 Å². The van der Waals surface area contributed by atoms with E-state index in [1.807, 2.05) is 6.26 Å². The molecule has 0 aliphatic carbocycles. The molecule has 60 valence electrons. The number of nitrogens with zero attached hydrogens (tertiary/aromatic N) is 1. The van der Waals surface area contributed by atoms with Crippen molar-refractivity contribution in [2.24, 2.45) is 0 Å². The predicted octanol–water partition coefficient (Wildman–Crippen LogP) is -0.310. The maximum atomic E-state index is 9.37. The van der Waals surface area contributed by atoms with Gasteiger partial charge in [0.25, 0.3) is 0 Å². The summed E-state index contributed by atoms with van der Waals surface area (Å²) in [7, 11) is 1.73. The molecule has 0 radical (unpaired) electrons. The average molecular weight is 163 g/mol. The van der Waals surface area contributed by atoms with Gasteiger partial charge in [-0.2, -0.15) is 11.8 Å². The van der Waals surface area contributed by atoms with E-state index in [1.165, 1.54) is 0 Å². The smallest absolute Gasteiger partial charge is 0.121 e. The molecule has 0 bridgehead atoms. The highest BCUT2D eigenvalue weighted by Gasteiger charge is 2.35. The molecule has 1 rings (SSSR count). The molecule has 1 aliphatic rings. The van der Waals surface area contributed by atoms with E-state index in [4.69, 9.17) is 0 Å². The molecule has 3 atom stereocenters. The van der Waals surface area contributed by atoms with Crippen LogP contribution in [0.3, 0.4) is 0 Å². The zero-order valence-corrected chi connectivity index (χ0v) is 7.01. The molecule has 1 aliphatic heterocycles. The fraction of sp³-hybridized carbons (Fsp3) is 1.00. The first-order valence-corrected chi connectivity index (χ1v) is 4.56. The lowest BCUT2D eigenvalue weighted by Gasteiger charge is -2.18. The summed E-state index contributed by atoms with van der Waals surface area (Å²) < 4.78 is 0. The van der Waals surface area contributed by atoms with Crippen LogP contribution in [0.15, 0.2) is 0 Å². The van der Waals surface area contributed by atoms with Gasteiger partial charge in [-0.05, 0) is 13.3 Å². The minimum atomic E-state index is -0.481. The number of hydrogen-bond donors (Lipinski definition) is 2. The molecular weight excluding hydrogens is 150 g/mol. The fourth-order valence-electron chi connectivity index (χ4n) is 1.15. The van der Waals surface area contributed by atoms with E-state index in [9.17, 15) is 10.2 Å². The second kappa shape index (κ2) is 3.09. The summed E-state index contributed by atoms with van der Waals surface area (Å²) in [5, 5.41) is 18.8. The van der Waals surface area contributed by atoms with Crippen molar-refractivity contribution < 1.29 is 10.2 Å². The average Bonchev–Trinajstić information content (AvgIpc) is 2.17. The Morgan fingerprint density at radius 3 is 2.30 bits per heavy atom. The lowest BCUT2D eigenvalue weighted by molar-refractivity contribution is -0.0331. The van der Waals surface area contributed by atoms with Crippen molar-refractivity contribution in [2.75, 3.05) is 13.3 Å². The number of hydrogen-bond acceptors (Lipinski definition) is 4. The van der Waals surface area contributed by atoms with E-state index in [2.05, 4.69) is 0 Å². The van der Waals surface area contributed by atoms with Gasteiger partial charge in [-0.1, -0.05) is 0 Å². The lowest BCUT2D eigenvalue weighted by Crippen LogP contribution is -2.34. The Kier molecular flexibility index (Phi) is 2.57. The first kappa shape index (κ1) is 8.33. The van der Waals surface area contributed by atoms with Crippen LogP contribution in [0.4, 0.5) is 0 Å². The van der Waals surface area contributed by atoms with Crippen LogP contribution in [0, 0.1) is 0 Å². The second-order valence-electron chi connectivity index (χ2n) is 2.57. The van der Waals surface area contributed by atoms with Gasteiger partial charge < -0.3 is 10.2 Å². The van der Waals surface area contributed by atoms with Gasteiger partial charge in [0.1, 0.15) is 12.5 Å². The van der Waals surface area contributed by atoms with Crippen LogP contribution in [0.2, 0.25) is 0 Å². The van der Waals surface area contributed by atoms with Crippen molar-refractivity contribution in [2.45, 2.75) is 24.1 Å². The summed E-state index contributed by atoms with van der Waals surface area (Å²) in [6, 6.07) is 0. The number of aliphatic hydroxyl groups excluding tert-OH is 2. The van der Waals surface area contributed by atoms with Gasteiger partial charge in [-0.15, -0.1) is 0 Å². The summed E-state index contributed by atoms with van der Waals surface area (Å²) in [5.41, 5.74) is 0. The summed E-state index contributed by atoms with van der Waals surface area (Å²) in [6.45, 7) is 0. The van der Waals surface area contributed by atoms with Gasteiger partial charge in [-0.3, -0.25) is 4.90 Å². The number of aliphatic hydroxyl groups is 2. The number of rotatable bonds is 1. The zero-order chi connectivity index (χ0) is 7.72. The third-order valence-electron chi connectivity index (χ3n) is 1.97. The van der Waals surface area contributed by atoms with Crippen LogP contribution in [0.1, 0.15) is 6.42 Å². The highest BCUT2D eigenvalue weighted by Crippen LogP contribution is 2.27. The molecule has 0 aromatic heterocycles. The maximum Gasteiger partial charge on any atom is 0.121 e. The van der Waals surface area contributed by atoms with Crippen molar-refractivity contribution in [1.29, 1.82) is 0 Å². The topological polar surface area (TPSA) is 43.7 Å². The number of thioether (sulfide) groups is 1. The van der Waals surface area contributed by atoms with Gasteiger partial charge in [-0.25, -0.2) is 0 Å². The summed E-state index contributed by atoms with van der Waals surface area (Å²) >= 11 is 1.60. The SMILES string of the molecule is CSC1CC(O)N(C)[C@H]1O. The third-order valence-corrected chi connectivity index (χ3v) is 3.01. The highest BCUT2D eigenvalue weighted by molar-refractivity contribution is 7.99. The zero-order valence-electron chi connectivity index (χ0n) is 6.19. The van der Waals surface area contributed by atoms with Crippen LogP contribution in [0.5, 0.6) is 0 Å². The lowest BCUT2D eigenvalue weighted by atomic mass is 10.3. The van der Waals surface area contributed by atoms with Gasteiger partial charge in [0.2, 0.25) is 0 Å². The van der Waals surface area contributed by atoms with Crippen LogP contribution in [0.25, 0.3) is 0 Å². The van der Waals surface area contributed by atoms with E-state index >= 15 is 0 Å². The molecule has 1 saturated heterocycles. The molecule has 4 heteroatoms. The Bertz CT molecular complexity index is 122. The van der Waals surface area contributed by atoms with Crippen LogP contribution < -0.4 is 0 Å². The maximum absolute atomic E-state index is 9.37. The van der Waals surface area contributed by atoms with Crippen LogP contribution >= 0.6 is 11.8 Å². The van der Waals surface area contributed by atoms with Gasteiger partial charge in [0.05, 0.1) is 0 Å². The Balaban J connectivity index is 2.53. The molecule has 1 fully saturated rings. The fourth-order valence-corrected chi connectivity index (χ4v) is 1.95. The van der Waals surface area contributed by atoms with E-state index in [-0.39, 0.29) is 5.25 Å². The minimum Gasteiger partial charge on any atom is -0.378 e. The molecule has 0 spiro atoms. The summed E-state index contributed by atoms with van der Waals surface area (Å²) in [4.78, 5) is 1.58. The number of likely N-dealkylation sites (tertiary alicyclic amines) is 1. The Morgan fingerprint density at radius 2 is 2.10 bits per heavy atom. The van der Waals surface area contributed by atoms with Crippen LogP contribution in [-0.4, -0.2) is 46.1 Å². The largest absolute Gasteiger partial charge is 0.378 e. The van der Waals surface area contributed by atoms with Crippen molar-refractivity contribution in [3.05, 3.63) is 0 Å². The Morgan fingerprint density at radius 1 is 1.50 bits per heavy atom. The quantitative estimate of drug-likeness (QED) is 0.556. The summed E-state index contributed by atoms with van der Waals surface area (Å²) in [6.07, 6.45) is 1.66. The van der Waals surface area contributed by atoms with Crippen molar-refractivity contribution in [3.8, 4) is 0 Å². The molecule has 0 aromatic rings. The molecule has 3 nitrogen and oxygen atoms in total. The van der Waals surface area contributed by atoms with E-state index in [0.29, 0.717) is 6.42 Å². The monoisotopic (exact) mass is 163 g/mol. The molecular formula is C6H13NO2S. The van der Waals surface area contributed by atoms with Crippen molar-refractivity contribution in [1.82, 2.24) is 4.90 Å².